The van der Waals surface area contributed by atoms with Crippen molar-refractivity contribution in [2.24, 2.45) is 4.99 Å². The summed E-state index contributed by atoms with van der Waals surface area (Å²) in [5.41, 5.74) is 1.51. The molecule has 0 saturated carbocycles. The van der Waals surface area contributed by atoms with Gasteiger partial charge in [-0.1, -0.05) is 11.6 Å². The van der Waals surface area contributed by atoms with Crippen molar-refractivity contribution in [1.29, 1.82) is 0 Å². The molecule has 0 spiro atoms. The van der Waals surface area contributed by atoms with E-state index in [-0.39, 0.29) is 24.0 Å². The summed E-state index contributed by atoms with van der Waals surface area (Å²) in [4.78, 5) is 5.41. The maximum absolute atomic E-state index is 12.2. The Bertz CT molecular complexity index is 397. The minimum atomic E-state index is -4.13. The maximum atomic E-state index is 12.2. The molecule has 142 valence electrons. The van der Waals surface area contributed by atoms with Gasteiger partial charge in [-0.3, -0.25) is 9.89 Å². The molecule has 0 atom stereocenters. The maximum Gasteiger partial charge on any atom is 0.401 e. The summed E-state index contributed by atoms with van der Waals surface area (Å²) in [6, 6.07) is 0. The van der Waals surface area contributed by atoms with E-state index in [0.29, 0.717) is 25.5 Å². The number of nitrogens with one attached hydrogen (secondary N) is 2. The smallest absolute Gasteiger partial charge is 0.356 e. The number of rotatable bonds is 8. The number of aliphatic imine (C=N–C) groups is 1. The van der Waals surface area contributed by atoms with Crippen LogP contribution in [-0.2, 0) is 0 Å². The standard InChI is InChI=1S/C16H29F3N4.HI/c1-20-15(22-11-9-14-7-4-3-5-8-14)21-10-6-12-23(2)13-16(17,18)19;/h7H,3-6,8-13H2,1-2H3,(H2,20,21,22);1H. The number of allylic oxidation sites excluding steroid dienone is 1. The minimum absolute atomic E-state index is 0. The molecule has 0 aliphatic heterocycles. The molecule has 0 unspecified atom stereocenters. The molecule has 0 amide bonds. The molecular formula is C16H30F3IN4. The van der Waals surface area contributed by atoms with Crippen LogP contribution in [0.4, 0.5) is 13.2 Å². The third kappa shape index (κ3) is 11.9. The molecule has 0 saturated heterocycles. The van der Waals surface area contributed by atoms with Crippen molar-refractivity contribution < 1.29 is 13.2 Å². The molecule has 0 fully saturated rings. The van der Waals surface area contributed by atoms with Crippen LogP contribution in [0.1, 0.15) is 38.5 Å². The molecule has 8 heteroatoms. The van der Waals surface area contributed by atoms with Crippen LogP contribution in [0, 0.1) is 0 Å². The highest BCUT2D eigenvalue weighted by Gasteiger charge is 2.28. The summed E-state index contributed by atoms with van der Waals surface area (Å²) < 4.78 is 36.6. The first-order chi connectivity index (χ1) is 10.9. The van der Waals surface area contributed by atoms with Crippen molar-refractivity contribution in [3.63, 3.8) is 0 Å². The highest BCUT2D eigenvalue weighted by molar-refractivity contribution is 14.0. The average Bonchev–Trinajstić information content (AvgIpc) is 2.49. The molecule has 24 heavy (non-hydrogen) atoms. The lowest BCUT2D eigenvalue weighted by Crippen LogP contribution is -2.39. The largest absolute Gasteiger partial charge is 0.401 e. The molecule has 1 aliphatic rings. The number of hydrogen-bond acceptors (Lipinski definition) is 2. The average molecular weight is 462 g/mol. The van der Waals surface area contributed by atoms with E-state index in [2.05, 4.69) is 21.7 Å². The topological polar surface area (TPSA) is 39.7 Å². The van der Waals surface area contributed by atoms with Crippen molar-refractivity contribution in [3.05, 3.63) is 11.6 Å². The lowest BCUT2D eigenvalue weighted by molar-refractivity contribution is -0.143. The second kappa shape index (κ2) is 12.8. The first-order valence-corrected chi connectivity index (χ1v) is 8.28. The minimum Gasteiger partial charge on any atom is -0.356 e. The Balaban J connectivity index is 0.00000529. The van der Waals surface area contributed by atoms with Gasteiger partial charge in [0.05, 0.1) is 6.54 Å². The Morgan fingerprint density at radius 2 is 1.96 bits per heavy atom. The first kappa shape index (κ1) is 23.5. The Hall–Kier alpha value is -0.510. The Labute approximate surface area is 160 Å². The first-order valence-electron chi connectivity index (χ1n) is 8.28. The summed E-state index contributed by atoms with van der Waals surface area (Å²) in [6.07, 6.45) is 4.82. The number of hydrogen-bond donors (Lipinski definition) is 2. The van der Waals surface area contributed by atoms with E-state index in [0.717, 1.165) is 13.0 Å². The van der Waals surface area contributed by atoms with Crippen molar-refractivity contribution in [2.75, 3.05) is 40.3 Å². The van der Waals surface area contributed by atoms with Gasteiger partial charge in [0.15, 0.2) is 5.96 Å². The summed E-state index contributed by atoms with van der Waals surface area (Å²) >= 11 is 0. The van der Waals surface area contributed by atoms with Crippen molar-refractivity contribution >= 4 is 29.9 Å². The van der Waals surface area contributed by atoms with Gasteiger partial charge in [-0.25, -0.2) is 0 Å². The molecule has 2 N–H and O–H groups in total. The molecule has 4 nitrogen and oxygen atoms in total. The van der Waals surface area contributed by atoms with Crippen LogP contribution in [0.15, 0.2) is 16.6 Å². The van der Waals surface area contributed by atoms with Crippen LogP contribution in [0.2, 0.25) is 0 Å². The summed E-state index contributed by atoms with van der Waals surface area (Å²) in [5, 5.41) is 6.38. The second-order valence-electron chi connectivity index (χ2n) is 5.99. The van der Waals surface area contributed by atoms with Crippen LogP contribution in [-0.4, -0.2) is 57.3 Å². The Morgan fingerprint density at radius 3 is 2.54 bits per heavy atom. The Kier molecular flexibility index (Phi) is 12.5. The zero-order chi connectivity index (χ0) is 17.1. The predicted molar refractivity (Wildman–Crippen MR) is 104 cm³/mol. The molecule has 0 bridgehead atoms. The van der Waals surface area contributed by atoms with Gasteiger partial charge >= 0.3 is 6.18 Å². The molecule has 0 aromatic rings. The van der Waals surface area contributed by atoms with Crippen molar-refractivity contribution in [1.82, 2.24) is 15.5 Å². The van der Waals surface area contributed by atoms with E-state index in [1.807, 2.05) is 0 Å². The van der Waals surface area contributed by atoms with Crippen LogP contribution in [0.3, 0.4) is 0 Å². The second-order valence-corrected chi connectivity index (χ2v) is 5.99. The van der Waals surface area contributed by atoms with Gasteiger partial charge in [0.25, 0.3) is 0 Å². The summed E-state index contributed by atoms with van der Waals surface area (Å²) in [7, 11) is 3.18. The van der Waals surface area contributed by atoms with Gasteiger partial charge in [-0.2, -0.15) is 13.2 Å². The quantitative estimate of drug-likeness (QED) is 0.191. The van der Waals surface area contributed by atoms with Crippen LogP contribution >= 0.6 is 24.0 Å². The number of guanidine groups is 1. The lowest BCUT2D eigenvalue weighted by Gasteiger charge is -2.19. The number of halogens is 4. The summed E-state index contributed by atoms with van der Waals surface area (Å²) in [5.74, 6) is 0.708. The van der Waals surface area contributed by atoms with E-state index in [4.69, 9.17) is 0 Å². The highest BCUT2D eigenvalue weighted by atomic mass is 127. The van der Waals surface area contributed by atoms with E-state index >= 15 is 0 Å². The van der Waals surface area contributed by atoms with Crippen molar-refractivity contribution in [3.8, 4) is 0 Å². The summed E-state index contributed by atoms with van der Waals surface area (Å²) in [6.45, 7) is 0.968. The Morgan fingerprint density at radius 1 is 1.25 bits per heavy atom. The van der Waals surface area contributed by atoms with Gasteiger partial charge < -0.3 is 10.6 Å². The third-order valence-electron chi connectivity index (χ3n) is 3.81. The van der Waals surface area contributed by atoms with Crippen LogP contribution < -0.4 is 10.6 Å². The zero-order valence-corrected chi connectivity index (χ0v) is 16.9. The van der Waals surface area contributed by atoms with E-state index in [1.54, 1.807) is 7.05 Å². The van der Waals surface area contributed by atoms with Crippen molar-refractivity contribution in [2.45, 2.75) is 44.7 Å². The van der Waals surface area contributed by atoms with Gasteiger partial charge in [0, 0.05) is 20.1 Å². The molecule has 1 rings (SSSR count). The molecule has 0 aromatic heterocycles. The third-order valence-corrected chi connectivity index (χ3v) is 3.81. The fraction of sp³-hybridized carbons (Fsp3) is 0.812. The van der Waals surface area contributed by atoms with Crippen LogP contribution in [0.25, 0.3) is 0 Å². The predicted octanol–water partition coefficient (Wildman–Crippen LogP) is 3.54. The lowest BCUT2D eigenvalue weighted by atomic mass is 9.97. The fourth-order valence-electron chi connectivity index (χ4n) is 2.63. The molecule has 0 heterocycles. The van der Waals surface area contributed by atoms with Gasteiger partial charge in [0.2, 0.25) is 0 Å². The SMILES string of the molecule is CN=C(NCCCN(C)CC(F)(F)F)NCCC1=CCCCC1.I. The number of nitrogens with zero attached hydrogens (tertiary/aromatic N) is 2. The van der Waals surface area contributed by atoms with Gasteiger partial charge in [0.1, 0.15) is 0 Å². The molecule has 0 radical (unpaired) electrons. The van der Waals surface area contributed by atoms with E-state index in [1.165, 1.54) is 43.2 Å². The highest BCUT2D eigenvalue weighted by Crippen LogP contribution is 2.19. The fourth-order valence-corrected chi connectivity index (χ4v) is 2.63. The monoisotopic (exact) mass is 462 g/mol. The number of alkyl halides is 3. The van der Waals surface area contributed by atoms with Gasteiger partial charge in [-0.15, -0.1) is 24.0 Å². The normalized spacial score (nSPS) is 15.8. The molecule has 0 aromatic carbocycles. The molecule has 1 aliphatic carbocycles. The van der Waals surface area contributed by atoms with E-state index < -0.39 is 12.7 Å². The zero-order valence-electron chi connectivity index (χ0n) is 14.6. The van der Waals surface area contributed by atoms with E-state index in [9.17, 15) is 13.2 Å². The van der Waals surface area contributed by atoms with Crippen LogP contribution in [0.5, 0.6) is 0 Å². The molecular weight excluding hydrogens is 432 g/mol. The van der Waals surface area contributed by atoms with Gasteiger partial charge in [-0.05, 0) is 52.1 Å².